The second-order valence-corrected chi connectivity index (χ2v) is 5.22. The monoisotopic (exact) mass is 266 g/mol. The van der Waals surface area contributed by atoms with Crippen LogP contribution in [0, 0.1) is 0 Å². The highest BCUT2D eigenvalue weighted by Crippen LogP contribution is 2.18. The molecule has 1 amide bonds. The van der Waals surface area contributed by atoms with Gasteiger partial charge in [0.15, 0.2) is 0 Å². The zero-order valence-electron chi connectivity index (χ0n) is 11.3. The topological polar surface area (TPSA) is 41.1 Å². The highest BCUT2D eigenvalue weighted by molar-refractivity contribution is 7.98. The lowest BCUT2D eigenvalue weighted by atomic mass is 10.2. The van der Waals surface area contributed by atoms with E-state index in [0.717, 1.165) is 18.5 Å². The van der Waals surface area contributed by atoms with Crippen molar-refractivity contribution in [1.82, 2.24) is 5.32 Å². The first-order valence-electron chi connectivity index (χ1n) is 6.33. The Morgan fingerprint density at radius 1 is 1.44 bits per heavy atom. The summed E-state index contributed by atoms with van der Waals surface area (Å²) in [7, 11) is 0. The third-order valence-electron chi connectivity index (χ3n) is 2.65. The molecule has 0 aromatic heterocycles. The largest absolute Gasteiger partial charge is 0.376 e. The van der Waals surface area contributed by atoms with Gasteiger partial charge in [-0.15, -0.1) is 11.8 Å². The van der Waals surface area contributed by atoms with Gasteiger partial charge in [0.2, 0.25) is 5.91 Å². The number of hydrogen-bond acceptors (Lipinski definition) is 3. The fourth-order valence-electron chi connectivity index (χ4n) is 1.75. The minimum absolute atomic E-state index is 0.0468. The van der Waals surface area contributed by atoms with Gasteiger partial charge in [-0.1, -0.05) is 19.4 Å². The SMILES string of the molecule is CCCC(C)NC(=O)CNc1cccc(SC)c1. The Bertz CT molecular complexity index is 382. The molecule has 0 fully saturated rings. The van der Waals surface area contributed by atoms with Crippen LogP contribution in [0.5, 0.6) is 0 Å². The molecule has 0 radical (unpaired) electrons. The van der Waals surface area contributed by atoms with E-state index in [9.17, 15) is 4.79 Å². The van der Waals surface area contributed by atoms with Crippen LogP contribution in [0.2, 0.25) is 0 Å². The van der Waals surface area contributed by atoms with E-state index in [1.165, 1.54) is 4.90 Å². The quantitative estimate of drug-likeness (QED) is 0.745. The van der Waals surface area contributed by atoms with Crippen LogP contribution in [0.3, 0.4) is 0 Å². The molecule has 1 aromatic carbocycles. The van der Waals surface area contributed by atoms with Crippen molar-refractivity contribution < 1.29 is 4.79 Å². The van der Waals surface area contributed by atoms with Crippen molar-refractivity contribution in [3.63, 3.8) is 0 Å². The molecule has 100 valence electrons. The number of anilines is 1. The normalized spacial score (nSPS) is 11.9. The molecular weight excluding hydrogens is 244 g/mol. The van der Waals surface area contributed by atoms with Crippen LogP contribution in [0.4, 0.5) is 5.69 Å². The number of carbonyl (C=O) groups excluding carboxylic acids is 1. The van der Waals surface area contributed by atoms with Crippen molar-refractivity contribution in [2.75, 3.05) is 18.1 Å². The van der Waals surface area contributed by atoms with E-state index < -0.39 is 0 Å². The van der Waals surface area contributed by atoms with E-state index in [1.54, 1.807) is 11.8 Å². The Morgan fingerprint density at radius 3 is 2.89 bits per heavy atom. The number of amides is 1. The average molecular weight is 266 g/mol. The first-order chi connectivity index (χ1) is 8.65. The van der Waals surface area contributed by atoms with Gasteiger partial charge in [0.1, 0.15) is 0 Å². The highest BCUT2D eigenvalue weighted by Gasteiger charge is 2.05. The van der Waals surface area contributed by atoms with E-state index in [1.807, 2.05) is 31.4 Å². The predicted octanol–water partition coefficient (Wildman–Crippen LogP) is 3.13. The molecule has 3 nitrogen and oxygen atoms in total. The molecular formula is C14H22N2OS. The lowest BCUT2D eigenvalue weighted by molar-refractivity contribution is -0.120. The van der Waals surface area contributed by atoms with Crippen molar-refractivity contribution >= 4 is 23.4 Å². The van der Waals surface area contributed by atoms with Crippen LogP contribution in [0.15, 0.2) is 29.2 Å². The van der Waals surface area contributed by atoms with Crippen LogP contribution in [0.1, 0.15) is 26.7 Å². The van der Waals surface area contributed by atoms with Crippen LogP contribution in [0.25, 0.3) is 0 Å². The number of benzene rings is 1. The van der Waals surface area contributed by atoms with Gasteiger partial charge in [-0.05, 0) is 37.8 Å². The van der Waals surface area contributed by atoms with Crippen molar-refractivity contribution in [3.05, 3.63) is 24.3 Å². The van der Waals surface area contributed by atoms with Crippen molar-refractivity contribution in [2.24, 2.45) is 0 Å². The fourth-order valence-corrected chi connectivity index (χ4v) is 2.21. The lowest BCUT2D eigenvalue weighted by Gasteiger charge is -2.13. The summed E-state index contributed by atoms with van der Waals surface area (Å²) in [5, 5.41) is 6.11. The molecule has 0 heterocycles. The van der Waals surface area contributed by atoms with Crippen molar-refractivity contribution in [1.29, 1.82) is 0 Å². The Hall–Kier alpha value is -1.16. The molecule has 0 aliphatic rings. The third kappa shape index (κ3) is 5.45. The molecule has 0 saturated heterocycles. The predicted molar refractivity (Wildman–Crippen MR) is 79.2 cm³/mol. The number of rotatable bonds is 7. The van der Waals surface area contributed by atoms with Crippen LogP contribution in [-0.4, -0.2) is 24.7 Å². The first-order valence-corrected chi connectivity index (χ1v) is 7.55. The second kappa shape index (κ2) is 8.03. The average Bonchev–Trinajstić information content (AvgIpc) is 2.37. The number of carbonyl (C=O) groups is 1. The van der Waals surface area contributed by atoms with Crippen molar-refractivity contribution in [2.45, 2.75) is 37.6 Å². The van der Waals surface area contributed by atoms with E-state index in [-0.39, 0.29) is 11.9 Å². The summed E-state index contributed by atoms with van der Waals surface area (Å²) in [5.41, 5.74) is 0.986. The fraction of sp³-hybridized carbons (Fsp3) is 0.500. The molecule has 0 bridgehead atoms. The minimum atomic E-state index is 0.0468. The highest BCUT2D eigenvalue weighted by atomic mass is 32.2. The van der Waals surface area contributed by atoms with E-state index >= 15 is 0 Å². The van der Waals surface area contributed by atoms with E-state index in [2.05, 4.69) is 23.6 Å². The molecule has 1 atom stereocenters. The molecule has 18 heavy (non-hydrogen) atoms. The summed E-state index contributed by atoms with van der Waals surface area (Å²) >= 11 is 1.69. The van der Waals surface area contributed by atoms with Gasteiger partial charge in [-0.2, -0.15) is 0 Å². The number of thioether (sulfide) groups is 1. The van der Waals surface area contributed by atoms with Gasteiger partial charge >= 0.3 is 0 Å². The maximum absolute atomic E-state index is 11.7. The number of nitrogens with one attached hydrogen (secondary N) is 2. The van der Waals surface area contributed by atoms with Gasteiger partial charge in [0.25, 0.3) is 0 Å². The van der Waals surface area contributed by atoms with Crippen LogP contribution < -0.4 is 10.6 Å². The summed E-state index contributed by atoms with van der Waals surface area (Å²) in [6, 6.07) is 8.32. The van der Waals surface area contributed by atoms with Gasteiger partial charge in [0.05, 0.1) is 6.54 Å². The van der Waals surface area contributed by atoms with E-state index in [4.69, 9.17) is 0 Å². The summed E-state index contributed by atoms with van der Waals surface area (Å²) in [6.07, 6.45) is 4.15. The Balaban J connectivity index is 2.37. The number of hydrogen-bond donors (Lipinski definition) is 2. The Morgan fingerprint density at radius 2 is 2.22 bits per heavy atom. The molecule has 0 saturated carbocycles. The summed E-state index contributed by atoms with van der Waals surface area (Å²) in [6.45, 7) is 4.48. The van der Waals surface area contributed by atoms with Gasteiger partial charge < -0.3 is 10.6 Å². The summed E-state index contributed by atoms with van der Waals surface area (Å²) < 4.78 is 0. The molecule has 1 aromatic rings. The van der Waals surface area contributed by atoms with Gasteiger partial charge in [0, 0.05) is 16.6 Å². The van der Waals surface area contributed by atoms with Crippen LogP contribution in [-0.2, 0) is 4.79 Å². The summed E-state index contributed by atoms with van der Waals surface area (Å²) in [5.74, 6) is 0.0468. The molecule has 0 spiro atoms. The maximum Gasteiger partial charge on any atom is 0.239 e. The lowest BCUT2D eigenvalue weighted by Crippen LogP contribution is -2.36. The summed E-state index contributed by atoms with van der Waals surface area (Å²) in [4.78, 5) is 12.9. The molecule has 2 N–H and O–H groups in total. The molecule has 4 heteroatoms. The zero-order valence-corrected chi connectivity index (χ0v) is 12.1. The van der Waals surface area contributed by atoms with Crippen molar-refractivity contribution in [3.8, 4) is 0 Å². The molecule has 0 aliphatic carbocycles. The Labute approximate surface area is 114 Å². The molecule has 1 rings (SSSR count). The maximum atomic E-state index is 11.7. The van der Waals surface area contributed by atoms with E-state index in [0.29, 0.717) is 6.54 Å². The first kappa shape index (κ1) is 14.9. The third-order valence-corrected chi connectivity index (χ3v) is 3.38. The van der Waals surface area contributed by atoms with Gasteiger partial charge in [-0.25, -0.2) is 0 Å². The molecule has 0 aliphatic heterocycles. The minimum Gasteiger partial charge on any atom is -0.376 e. The molecule has 1 unspecified atom stereocenters. The zero-order chi connectivity index (χ0) is 13.4. The standard InChI is InChI=1S/C14H22N2OS/c1-4-6-11(2)16-14(17)10-15-12-7-5-8-13(9-12)18-3/h5,7-9,11,15H,4,6,10H2,1-3H3,(H,16,17). The van der Waals surface area contributed by atoms with Gasteiger partial charge in [-0.3, -0.25) is 4.79 Å². The smallest absolute Gasteiger partial charge is 0.239 e. The van der Waals surface area contributed by atoms with Crippen LogP contribution >= 0.6 is 11.8 Å². The Kier molecular flexibility index (Phi) is 6.65. The second-order valence-electron chi connectivity index (χ2n) is 4.34.